The number of nitro benzene ring substituents is 1. The average molecular weight is 456 g/mol. The molecule has 1 N–H and O–H groups in total. The van der Waals surface area contributed by atoms with Gasteiger partial charge in [-0.05, 0) is 43.3 Å². The molecule has 166 valence electrons. The van der Waals surface area contributed by atoms with Crippen molar-refractivity contribution in [3.63, 3.8) is 0 Å². The van der Waals surface area contributed by atoms with Crippen LogP contribution >= 0.6 is 11.8 Å². The second-order valence-corrected chi connectivity index (χ2v) is 7.38. The number of nitro groups is 1. The third-order valence-corrected chi connectivity index (χ3v) is 5.40. The molecule has 0 bridgehead atoms. The van der Waals surface area contributed by atoms with Crippen LogP contribution in [0.15, 0.2) is 63.7 Å². The van der Waals surface area contributed by atoms with Gasteiger partial charge in [0.1, 0.15) is 27.9 Å². The molecule has 0 fully saturated rings. The SMILES string of the molecule is CCOC(=O)C1=C(O)/C(=C/c2cc(OC)ccc2OC)SC1=Nc1ccc([N+](=O)[O-])cc1. The van der Waals surface area contributed by atoms with Crippen molar-refractivity contribution in [1.29, 1.82) is 0 Å². The van der Waals surface area contributed by atoms with Gasteiger partial charge in [0.25, 0.3) is 5.69 Å². The lowest BCUT2D eigenvalue weighted by Gasteiger charge is -2.08. The Morgan fingerprint density at radius 2 is 1.91 bits per heavy atom. The summed E-state index contributed by atoms with van der Waals surface area (Å²) < 4.78 is 15.7. The maximum Gasteiger partial charge on any atom is 0.344 e. The highest BCUT2D eigenvalue weighted by molar-refractivity contribution is 8.18. The van der Waals surface area contributed by atoms with E-state index >= 15 is 0 Å². The number of hydrogen-bond acceptors (Lipinski definition) is 9. The molecule has 1 heterocycles. The first-order valence-electron chi connectivity index (χ1n) is 9.43. The zero-order valence-corrected chi connectivity index (χ0v) is 18.3. The third-order valence-electron chi connectivity index (χ3n) is 4.38. The lowest BCUT2D eigenvalue weighted by atomic mass is 10.1. The smallest absolute Gasteiger partial charge is 0.344 e. The highest BCUT2D eigenvalue weighted by atomic mass is 32.2. The molecule has 0 saturated heterocycles. The summed E-state index contributed by atoms with van der Waals surface area (Å²) in [5.74, 6) is 0.137. The summed E-state index contributed by atoms with van der Waals surface area (Å²) in [5.41, 5.74) is 0.847. The van der Waals surface area contributed by atoms with E-state index in [1.54, 1.807) is 31.2 Å². The van der Waals surface area contributed by atoms with Gasteiger partial charge in [0.15, 0.2) is 0 Å². The van der Waals surface area contributed by atoms with Crippen LogP contribution in [0.2, 0.25) is 0 Å². The molecule has 32 heavy (non-hydrogen) atoms. The van der Waals surface area contributed by atoms with Gasteiger partial charge in [-0.3, -0.25) is 10.1 Å². The summed E-state index contributed by atoms with van der Waals surface area (Å²) in [6.07, 6.45) is 1.65. The van der Waals surface area contributed by atoms with E-state index in [1.807, 2.05) is 0 Å². The van der Waals surface area contributed by atoms with Gasteiger partial charge in [-0.25, -0.2) is 9.79 Å². The number of aliphatic imine (C=N–C) groups is 1. The number of rotatable bonds is 7. The van der Waals surface area contributed by atoms with Crippen molar-refractivity contribution in [3.8, 4) is 11.5 Å². The van der Waals surface area contributed by atoms with Crippen LogP contribution in [0.3, 0.4) is 0 Å². The van der Waals surface area contributed by atoms with Crippen LogP contribution in [0.4, 0.5) is 11.4 Å². The second kappa shape index (κ2) is 10.0. The zero-order chi connectivity index (χ0) is 23.3. The molecule has 0 aliphatic carbocycles. The highest BCUT2D eigenvalue weighted by Crippen LogP contribution is 2.41. The maximum absolute atomic E-state index is 12.5. The average Bonchev–Trinajstić information content (AvgIpc) is 3.08. The second-order valence-electron chi connectivity index (χ2n) is 6.35. The third kappa shape index (κ3) is 4.92. The molecule has 2 aromatic rings. The summed E-state index contributed by atoms with van der Waals surface area (Å²) in [7, 11) is 3.06. The fourth-order valence-electron chi connectivity index (χ4n) is 2.85. The minimum atomic E-state index is -0.723. The fraction of sp³-hybridized carbons (Fsp3) is 0.182. The first-order valence-corrected chi connectivity index (χ1v) is 10.2. The van der Waals surface area contributed by atoms with Gasteiger partial charge < -0.3 is 19.3 Å². The number of aliphatic hydroxyl groups is 1. The van der Waals surface area contributed by atoms with Crippen LogP contribution in [0, 0.1) is 10.1 Å². The van der Waals surface area contributed by atoms with Crippen LogP contribution in [-0.4, -0.2) is 41.9 Å². The van der Waals surface area contributed by atoms with Gasteiger partial charge in [-0.15, -0.1) is 0 Å². The summed E-state index contributed by atoms with van der Waals surface area (Å²) in [6, 6.07) is 10.7. The monoisotopic (exact) mass is 456 g/mol. The molecule has 0 atom stereocenters. The molecular weight excluding hydrogens is 436 g/mol. The Kier molecular flexibility index (Phi) is 7.16. The quantitative estimate of drug-likeness (QED) is 0.358. The van der Waals surface area contributed by atoms with E-state index in [4.69, 9.17) is 14.2 Å². The number of ether oxygens (including phenoxy) is 3. The Morgan fingerprint density at radius 1 is 1.19 bits per heavy atom. The normalized spacial score (nSPS) is 15.8. The van der Waals surface area contributed by atoms with Crippen LogP contribution < -0.4 is 9.47 Å². The molecule has 9 nitrogen and oxygen atoms in total. The lowest BCUT2D eigenvalue weighted by molar-refractivity contribution is -0.384. The minimum Gasteiger partial charge on any atom is -0.506 e. The molecule has 2 aromatic carbocycles. The van der Waals surface area contributed by atoms with Crippen molar-refractivity contribution in [3.05, 3.63) is 74.4 Å². The molecule has 10 heteroatoms. The fourth-order valence-corrected chi connectivity index (χ4v) is 3.88. The Labute approximate surface area is 188 Å². The molecule has 0 radical (unpaired) electrons. The number of aliphatic hydroxyl groups excluding tert-OH is 1. The number of esters is 1. The van der Waals surface area contributed by atoms with Crippen LogP contribution in [0.5, 0.6) is 11.5 Å². The van der Waals surface area contributed by atoms with E-state index in [-0.39, 0.29) is 28.7 Å². The molecular formula is C22H20N2O7S. The van der Waals surface area contributed by atoms with Crippen LogP contribution in [-0.2, 0) is 9.53 Å². The Morgan fingerprint density at radius 3 is 2.50 bits per heavy atom. The van der Waals surface area contributed by atoms with E-state index in [0.29, 0.717) is 27.7 Å². The number of hydrogen-bond donors (Lipinski definition) is 1. The lowest BCUT2D eigenvalue weighted by Crippen LogP contribution is -2.12. The van der Waals surface area contributed by atoms with E-state index in [1.165, 1.54) is 38.5 Å². The highest BCUT2D eigenvalue weighted by Gasteiger charge is 2.33. The van der Waals surface area contributed by atoms with E-state index < -0.39 is 10.9 Å². The molecule has 1 aliphatic heterocycles. The number of methoxy groups -OCH3 is 2. The molecule has 1 aliphatic rings. The predicted molar refractivity (Wildman–Crippen MR) is 122 cm³/mol. The van der Waals surface area contributed by atoms with E-state index in [9.17, 15) is 20.0 Å². The van der Waals surface area contributed by atoms with Crippen molar-refractivity contribution >= 4 is 40.2 Å². The largest absolute Gasteiger partial charge is 0.506 e. The standard InChI is InChI=1S/C22H20N2O7S/c1-4-31-22(26)19-20(25)18(12-13-11-16(29-2)9-10-17(13)30-3)32-21(19)23-14-5-7-15(8-6-14)24(27)28/h5-12,25H,4H2,1-3H3/b18-12-,23-21?. The van der Waals surface area contributed by atoms with Gasteiger partial charge in [-0.2, -0.15) is 0 Å². The number of carbonyl (C=O) groups is 1. The molecule has 0 unspecified atom stereocenters. The summed E-state index contributed by atoms with van der Waals surface area (Å²) in [6.45, 7) is 1.77. The number of carbonyl (C=O) groups excluding carboxylic acids is 1. The van der Waals surface area contributed by atoms with Crippen molar-refractivity contribution < 1.29 is 29.0 Å². The minimum absolute atomic E-state index is 0.0803. The number of nitrogens with zero attached hydrogens (tertiary/aromatic N) is 2. The first kappa shape index (κ1) is 22.9. The van der Waals surface area contributed by atoms with Crippen molar-refractivity contribution in [1.82, 2.24) is 0 Å². The molecule has 3 rings (SSSR count). The van der Waals surface area contributed by atoms with Crippen molar-refractivity contribution in [2.75, 3.05) is 20.8 Å². The van der Waals surface area contributed by atoms with Crippen LogP contribution in [0.1, 0.15) is 12.5 Å². The maximum atomic E-state index is 12.5. The van der Waals surface area contributed by atoms with Gasteiger partial charge in [0, 0.05) is 17.7 Å². The number of non-ortho nitro benzene ring substituents is 1. The topological polar surface area (TPSA) is 120 Å². The Bertz CT molecular complexity index is 1140. The summed E-state index contributed by atoms with van der Waals surface area (Å²) in [5, 5.41) is 21.9. The molecule has 0 saturated carbocycles. The van der Waals surface area contributed by atoms with Gasteiger partial charge in [0.05, 0.1) is 36.3 Å². The van der Waals surface area contributed by atoms with Gasteiger partial charge in [0.2, 0.25) is 0 Å². The van der Waals surface area contributed by atoms with Crippen molar-refractivity contribution in [2.24, 2.45) is 4.99 Å². The summed E-state index contributed by atoms with van der Waals surface area (Å²) >= 11 is 1.07. The Hall–Kier alpha value is -3.79. The Balaban J connectivity index is 2.06. The number of benzene rings is 2. The number of thioether (sulfide) groups is 1. The van der Waals surface area contributed by atoms with Gasteiger partial charge in [-0.1, -0.05) is 11.8 Å². The molecule has 0 spiro atoms. The molecule has 0 amide bonds. The van der Waals surface area contributed by atoms with E-state index in [0.717, 1.165) is 11.8 Å². The van der Waals surface area contributed by atoms with E-state index in [2.05, 4.69) is 4.99 Å². The first-order chi connectivity index (χ1) is 15.4. The van der Waals surface area contributed by atoms with Gasteiger partial charge >= 0.3 is 5.97 Å². The van der Waals surface area contributed by atoms with Crippen molar-refractivity contribution in [2.45, 2.75) is 6.92 Å². The van der Waals surface area contributed by atoms with Crippen LogP contribution in [0.25, 0.3) is 6.08 Å². The zero-order valence-electron chi connectivity index (χ0n) is 17.5. The molecule has 0 aromatic heterocycles. The summed E-state index contributed by atoms with van der Waals surface area (Å²) in [4.78, 5) is 27.6. The predicted octanol–water partition coefficient (Wildman–Crippen LogP) is 4.81.